The summed E-state index contributed by atoms with van der Waals surface area (Å²) in [6, 6.07) is 12.9. The predicted molar refractivity (Wildman–Crippen MR) is 185 cm³/mol. The highest BCUT2D eigenvalue weighted by atomic mass is 16.6. The van der Waals surface area contributed by atoms with Crippen molar-refractivity contribution in [2.75, 3.05) is 59.4 Å². The van der Waals surface area contributed by atoms with Gasteiger partial charge in [0.25, 0.3) is 5.91 Å². The van der Waals surface area contributed by atoms with E-state index in [-0.39, 0.29) is 35.4 Å². The minimum atomic E-state index is -0.752. The van der Waals surface area contributed by atoms with Gasteiger partial charge in [-0.25, -0.2) is 0 Å². The molecule has 3 amide bonds. The first-order valence-electron chi connectivity index (χ1n) is 16.6. The number of fused-ring (bicyclic) bond motifs is 4. The second-order valence-corrected chi connectivity index (χ2v) is 12.5. The van der Waals surface area contributed by atoms with E-state index >= 15 is 0 Å². The fraction of sp³-hybridized carbons (Fsp3) is 0.405. The largest absolute Gasteiger partial charge is 0.493 e. The molecular formula is C37H42N4O9. The summed E-state index contributed by atoms with van der Waals surface area (Å²) in [6.45, 7) is 4.63. The Kier molecular flexibility index (Phi) is 10.0. The SMILES string of the molecule is COc1cc2c(c(OC)c1OC)-c1ccc(N[C@@H](C)C(=O)N3CCN(C(=O)[C@@H]4COc5ccccc5O4)CC3)c(=O)cc1[C@@H](NC(C)=O)CC2. The summed E-state index contributed by atoms with van der Waals surface area (Å²) in [5.74, 6) is 1.90. The Morgan fingerprint density at radius 1 is 0.900 bits per heavy atom. The molecule has 0 spiro atoms. The third kappa shape index (κ3) is 6.72. The molecule has 50 heavy (non-hydrogen) atoms. The van der Waals surface area contributed by atoms with Crippen LogP contribution in [0.3, 0.4) is 0 Å². The standard InChI is InChI=1S/C37H42N4O9/c1-21(36(44)40-14-16-41(17-15-40)37(45)32-20-49-29-8-6-7-9-30(29)50-32)38-27-13-11-24-25(19-28(27)43)26(39-22(2)42)12-10-23-18-31(46-3)34(47-4)35(48-5)33(23)24/h6-9,11,13,18-19,21,26,32H,10,12,14-17,20H2,1-5H3,(H,38,43)(H,39,42)/t21-,26-,32-/m0/s1. The fourth-order valence-electron chi connectivity index (χ4n) is 6.89. The predicted octanol–water partition coefficient (Wildman–Crippen LogP) is 3.17. The third-order valence-corrected chi connectivity index (χ3v) is 9.35. The lowest BCUT2D eigenvalue weighted by Crippen LogP contribution is -2.56. The van der Waals surface area contributed by atoms with E-state index in [1.807, 2.05) is 24.3 Å². The maximum absolute atomic E-state index is 13.8. The highest BCUT2D eigenvalue weighted by molar-refractivity contribution is 5.87. The number of aryl methyl sites for hydroxylation is 1. The van der Waals surface area contributed by atoms with Crippen LogP contribution in [0, 0.1) is 0 Å². The second-order valence-electron chi connectivity index (χ2n) is 12.5. The number of para-hydroxylation sites is 2. The lowest BCUT2D eigenvalue weighted by atomic mass is 9.95. The van der Waals surface area contributed by atoms with E-state index in [0.29, 0.717) is 78.9 Å². The number of nitrogens with one attached hydrogen (secondary N) is 2. The monoisotopic (exact) mass is 686 g/mol. The zero-order valence-corrected chi connectivity index (χ0v) is 28.9. The molecule has 1 aliphatic carbocycles. The number of rotatable bonds is 8. The molecule has 13 nitrogen and oxygen atoms in total. The van der Waals surface area contributed by atoms with Crippen LogP contribution in [0.15, 0.2) is 53.3 Å². The minimum absolute atomic E-state index is 0.122. The molecule has 1 fully saturated rings. The van der Waals surface area contributed by atoms with E-state index in [0.717, 1.165) is 11.1 Å². The Balaban J connectivity index is 1.21. The van der Waals surface area contributed by atoms with E-state index in [1.165, 1.54) is 20.1 Å². The normalized spacial score (nSPS) is 18.4. The molecule has 3 atom stereocenters. The van der Waals surface area contributed by atoms with E-state index in [9.17, 15) is 19.2 Å². The molecule has 0 saturated carbocycles. The molecule has 3 aromatic rings. The maximum atomic E-state index is 13.8. The van der Waals surface area contributed by atoms with Crippen LogP contribution in [-0.2, 0) is 20.8 Å². The zero-order chi connectivity index (χ0) is 35.5. The quantitative estimate of drug-likeness (QED) is 0.363. The van der Waals surface area contributed by atoms with Gasteiger partial charge in [0.05, 0.1) is 33.1 Å². The van der Waals surface area contributed by atoms with Crippen LogP contribution in [0.5, 0.6) is 28.7 Å². The van der Waals surface area contributed by atoms with Gasteiger partial charge in [0, 0.05) is 38.7 Å². The first-order chi connectivity index (χ1) is 24.1. The van der Waals surface area contributed by atoms with E-state index < -0.39 is 18.2 Å². The van der Waals surface area contributed by atoms with Crippen LogP contribution in [0.2, 0.25) is 0 Å². The fourth-order valence-corrected chi connectivity index (χ4v) is 6.89. The molecule has 0 radical (unpaired) electrons. The molecule has 2 aliphatic heterocycles. The number of ether oxygens (including phenoxy) is 5. The number of benzene rings is 2. The first kappa shape index (κ1) is 34.4. The van der Waals surface area contributed by atoms with Crippen LogP contribution in [-0.4, -0.2) is 93.8 Å². The van der Waals surface area contributed by atoms with Crippen molar-refractivity contribution in [1.29, 1.82) is 0 Å². The Hall–Kier alpha value is -5.46. The molecular weight excluding hydrogens is 644 g/mol. The molecule has 6 rings (SSSR count). The first-order valence-corrected chi connectivity index (χ1v) is 16.6. The van der Waals surface area contributed by atoms with Crippen molar-refractivity contribution in [2.45, 2.75) is 44.9 Å². The van der Waals surface area contributed by atoms with Crippen molar-refractivity contribution in [3.05, 3.63) is 69.9 Å². The number of hydrogen-bond acceptors (Lipinski definition) is 10. The molecule has 2 N–H and O–H groups in total. The molecule has 2 heterocycles. The Morgan fingerprint density at radius 3 is 2.28 bits per heavy atom. The average molecular weight is 687 g/mol. The summed E-state index contributed by atoms with van der Waals surface area (Å²) < 4.78 is 28.7. The molecule has 0 unspecified atom stereocenters. The van der Waals surface area contributed by atoms with Gasteiger partial charge < -0.3 is 44.1 Å². The van der Waals surface area contributed by atoms with E-state index in [2.05, 4.69) is 10.6 Å². The topological polar surface area (TPSA) is 145 Å². The Bertz CT molecular complexity index is 1860. The van der Waals surface area contributed by atoms with Crippen LogP contribution in [0.4, 0.5) is 5.69 Å². The number of anilines is 1. The van der Waals surface area contributed by atoms with Crippen molar-refractivity contribution in [3.8, 4) is 39.9 Å². The van der Waals surface area contributed by atoms with Crippen LogP contribution >= 0.6 is 0 Å². The van der Waals surface area contributed by atoms with Gasteiger partial charge in [-0.15, -0.1) is 0 Å². The summed E-state index contributed by atoms with van der Waals surface area (Å²) in [5, 5.41) is 6.13. The van der Waals surface area contributed by atoms with Crippen LogP contribution in [0.25, 0.3) is 11.1 Å². The number of methoxy groups -OCH3 is 3. The van der Waals surface area contributed by atoms with E-state index in [1.54, 1.807) is 49.1 Å². The minimum Gasteiger partial charge on any atom is -0.493 e. The Morgan fingerprint density at radius 2 is 1.60 bits per heavy atom. The van der Waals surface area contributed by atoms with Crippen molar-refractivity contribution < 1.29 is 38.1 Å². The number of nitrogens with zero attached hydrogens (tertiary/aromatic N) is 2. The smallest absolute Gasteiger partial charge is 0.267 e. The summed E-state index contributed by atoms with van der Waals surface area (Å²) in [6.07, 6.45) is 0.354. The van der Waals surface area contributed by atoms with Gasteiger partial charge in [0.2, 0.25) is 29.1 Å². The second kappa shape index (κ2) is 14.6. The summed E-state index contributed by atoms with van der Waals surface area (Å²) in [4.78, 5) is 56.2. The molecule has 3 aliphatic rings. The summed E-state index contributed by atoms with van der Waals surface area (Å²) >= 11 is 0. The molecule has 13 heteroatoms. The van der Waals surface area contributed by atoms with Crippen molar-refractivity contribution in [3.63, 3.8) is 0 Å². The van der Waals surface area contributed by atoms with Gasteiger partial charge >= 0.3 is 0 Å². The summed E-state index contributed by atoms with van der Waals surface area (Å²) in [5.41, 5.74) is 2.85. The van der Waals surface area contributed by atoms with Gasteiger partial charge in [-0.1, -0.05) is 18.2 Å². The lowest BCUT2D eigenvalue weighted by molar-refractivity contribution is -0.146. The molecule has 0 bridgehead atoms. The van der Waals surface area contributed by atoms with Crippen LogP contribution < -0.4 is 39.7 Å². The molecule has 264 valence electrons. The van der Waals surface area contributed by atoms with E-state index in [4.69, 9.17) is 23.7 Å². The highest BCUT2D eigenvalue weighted by Gasteiger charge is 2.35. The van der Waals surface area contributed by atoms with Crippen molar-refractivity contribution in [1.82, 2.24) is 15.1 Å². The molecule has 3 aromatic carbocycles. The zero-order valence-electron chi connectivity index (χ0n) is 28.9. The third-order valence-electron chi connectivity index (χ3n) is 9.35. The molecule has 0 aromatic heterocycles. The lowest BCUT2D eigenvalue weighted by Gasteiger charge is -2.38. The summed E-state index contributed by atoms with van der Waals surface area (Å²) in [7, 11) is 4.63. The number of carbonyl (C=O) groups is 3. The van der Waals surface area contributed by atoms with Crippen LogP contribution in [0.1, 0.15) is 37.4 Å². The van der Waals surface area contributed by atoms with Gasteiger partial charge in [-0.2, -0.15) is 0 Å². The van der Waals surface area contributed by atoms with Crippen molar-refractivity contribution in [2.24, 2.45) is 0 Å². The van der Waals surface area contributed by atoms with Gasteiger partial charge in [0.1, 0.15) is 12.6 Å². The van der Waals surface area contributed by atoms with Gasteiger partial charge in [0.15, 0.2) is 23.0 Å². The van der Waals surface area contributed by atoms with Crippen molar-refractivity contribution >= 4 is 23.4 Å². The average Bonchev–Trinajstić information content (AvgIpc) is 3.37. The molecule has 1 saturated heterocycles. The highest BCUT2D eigenvalue weighted by Crippen LogP contribution is 2.50. The number of amides is 3. The van der Waals surface area contributed by atoms with Gasteiger partial charge in [-0.3, -0.25) is 19.2 Å². The number of piperazine rings is 1. The maximum Gasteiger partial charge on any atom is 0.267 e. The number of carbonyl (C=O) groups excluding carboxylic acids is 3. The number of hydrogen-bond donors (Lipinski definition) is 2. The van der Waals surface area contributed by atoms with Gasteiger partial charge in [-0.05, 0) is 66.8 Å². The Labute approximate surface area is 290 Å².